The van der Waals surface area contributed by atoms with Gasteiger partial charge in [0, 0.05) is 18.1 Å². The average Bonchev–Trinajstić information content (AvgIpc) is 3.01. The Morgan fingerprint density at radius 1 is 1.05 bits per heavy atom. The maximum Gasteiger partial charge on any atom is 0.306 e. The molecule has 3 rings (SSSR count). The Morgan fingerprint density at radius 3 is 2.32 bits per heavy atom. The molecule has 1 aliphatic carbocycles. The van der Waals surface area contributed by atoms with Crippen molar-refractivity contribution >= 4 is 11.9 Å². The van der Waals surface area contributed by atoms with Crippen LogP contribution in [0.2, 0.25) is 0 Å². The van der Waals surface area contributed by atoms with Crippen molar-refractivity contribution in [2.24, 2.45) is 11.8 Å². The third-order valence-corrected chi connectivity index (χ3v) is 5.06. The summed E-state index contributed by atoms with van der Waals surface area (Å²) < 4.78 is 0. The highest BCUT2D eigenvalue weighted by Gasteiger charge is 2.43. The highest BCUT2D eigenvalue weighted by atomic mass is 16.4. The van der Waals surface area contributed by atoms with E-state index >= 15 is 0 Å². The summed E-state index contributed by atoms with van der Waals surface area (Å²) in [4.78, 5) is 23.1. The number of fused-ring (bicyclic) bond motifs is 2. The number of carboxylic acid groups (broad SMARTS) is 1. The van der Waals surface area contributed by atoms with E-state index in [-0.39, 0.29) is 23.8 Å². The standard InChI is InChI=1S/C14H22N2O3/c17-13(11-7-10-5-6-12(11)15-10)16-9-3-1-8(2-4-9)14(18)19/h8-12,15H,1-7H2,(H,16,17)(H,18,19). The average molecular weight is 266 g/mol. The first-order valence-electron chi connectivity index (χ1n) is 7.42. The second kappa shape index (κ2) is 5.12. The smallest absolute Gasteiger partial charge is 0.306 e. The first-order valence-corrected chi connectivity index (χ1v) is 7.42. The molecule has 3 unspecified atom stereocenters. The summed E-state index contributed by atoms with van der Waals surface area (Å²) in [6.07, 6.45) is 6.28. The van der Waals surface area contributed by atoms with Gasteiger partial charge in [-0.05, 0) is 44.9 Å². The maximum atomic E-state index is 12.3. The van der Waals surface area contributed by atoms with Crippen LogP contribution in [0.15, 0.2) is 0 Å². The highest BCUT2D eigenvalue weighted by Crippen LogP contribution is 2.33. The van der Waals surface area contributed by atoms with E-state index in [1.807, 2.05) is 0 Å². The molecule has 2 aliphatic heterocycles. The number of nitrogens with one attached hydrogen (secondary N) is 2. The molecular weight excluding hydrogens is 244 g/mol. The van der Waals surface area contributed by atoms with Gasteiger partial charge in [0.05, 0.1) is 11.8 Å². The molecule has 2 heterocycles. The molecule has 3 aliphatic rings. The van der Waals surface area contributed by atoms with Gasteiger partial charge < -0.3 is 15.7 Å². The Hall–Kier alpha value is -1.10. The summed E-state index contributed by atoms with van der Waals surface area (Å²) in [6, 6.07) is 1.10. The van der Waals surface area contributed by atoms with Crippen LogP contribution < -0.4 is 10.6 Å². The fraction of sp³-hybridized carbons (Fsp3) is 0.857. The van der Waals surface area contributed by atoms with Crippen LogP contribution >= 0.6 is 0 Å². The predicted molar refractivity (Wildman–Crippen MR) is 69.6 cm³/mol. The number of carbonyl (C=O) groups is 2. The number of rotatable bonds is 3. The molecule has 19 heavy (non-hydrogen) atoms. The molecule has 1 saturated carbocycles. The number of amides is 1. The lowest BCUT2D eigenvalue weighted by Crippen LogP contribution is -2.44. The van der Waals surface area contributed by atoms with Crippen LogP contribution in [0.1, 0.15) is 44.9 Å². The van der Waals surface area contributed by atoms with Gasteiger partial charge >= 0.3 is 5.97 Å². The molecule has 0 aromatic carbocycles. The third-order valence-electron chi connectivity index (χ3n) is 5.06. The van der Waals surface area contributed by atoms with Crippen molar-refractivity contribution in [2.75, 3.05) is 0 Å². The summed E-state index contributed by atoms with van der Waals surface area (Å²) in [5.74, 6) is -0.589. The van der Waals surface area contributed by atoms with Gasteiger partial charge in [-0.25, -0.2) is 0 Å². The first-order chi connectivity index (χ1) is 9.13. The van der Waals surface area contributed by atoms with Crippen LogP contribution in [-0.2, 0) is 9.59 Å². The Labute approximate surface area is 113 Å². The van der Waals surface area contributed by atoms with E-state index in [1.165, 1.54) is 6.42 Å². The topological polar surface area (TPSA) is 78.4 Å². The summed E-state index contributed by atoms with van der Waals surface area (Å²) >= 11 is 0. The number of hydrogen-bond acceptors (Lipinski definition) is 3. The Kier molecular flexibility index (Phi) is 3.48. The molecule has 0 aromatic rings. The zero-order valence-corrected chi connectivity index (χ0v) is 11.1. The zero-order chi connectivity index (χ0) is 13.4. The van der Waals surface area contributed by atoms with E-state index in [0.29, 0.717) is 24.9 Å². The molecule has 3 fully saturated rings. The minimum atomic E-state index is -0.693. The number of aliphatic carboxylic acids is 1. The van der Waals surface area contributed by atoms with Crippen molar-refractivity contribution in [3.05, 3.63) is 0 Å². The van der Waals surface area contributed by atoms with Crippen LogP contribution in [0, 0.1) is 11.8 Å². The van der Waals surface area contributed by atoms with Gasteiger partial charge in [-0.2, -0.15) is 0 Å². The van der Waals surface area contributed by atoms with Crippen molar-refractivity contribution in [1.82, 2.24) is 10.6 Å². The van der Waals surface area contributed by atoms with Gasteiger partial charge in [0.1, 0.15) is 0 Å². The lowest BCUT2D eigenvalue weighted by atomic mass is 9.84. The van der Waals surface area contributed by atoms with Crippen molar-refractivity contribution in [3.63, 3.8) is 0 Å². The first kappa shape index (κ1) is 12.9. The number of hydrogen-bond donors (Lipinski definition) is 3. The van der Waals surface area contributed by atoms with Gasteiger partial charge in [0.25, 0.3) is 0 Å². The van der Waals surface area contributed by atoms with Crippen molar-refractivity contribution < 1.29 is 14.7 Å². The van der Waals surface area contributed by atoms with Gasteiger partial charge in [-0.3, -0.25) is 9.59 Å². The fourth-order valence-corrected chi connectivity index (χ4v) is 3.91. The third kappa shape index (κ3) is 2.61. The molecule has 5 heteroatoms. The molecule has 3 atom stereocenters. The predicted octanol–water partition coefficient (Wildman–Crippen LogP) is 0.886. The Bertz CT molecular complexity index is 377. The lowest BCUT2D eigenvalue weighted by Gasteiger charge is -2.29. The highest BCUT2D eigenvalue weighted by molar-refractivity contribution is 5.80. The number of carboxylic acids is 1. The quantitative estimate of drug-likeness (QED) is 0.709. The number of carbonyl (C=O) groups excluding carboxylic acids is 1. The van der Waals surface area contributed by atoms with Crippen LogP contribution in [0.3, 0.4) is 0 Å². The summed E-state index contributed by atoms with van der Waals surface area (Å²) in [6.45, 7) is 0. The molecule has 106 valence electrons. The second-order valence-corrected chi connectivity index (χ2v) is 6.29. The van der Waals surface area contributed by atoms with Gasteiger partial charge in [0.15, 0.2) is 0 Å². The monoisotopic (exact) mass is 266 g/mol. The molecule has 5 nitrogen and oxygen atoms in total. The molecule has 1 amide bonds. The van der Waals surface area contributed by atoms with E-state index in [2.05, 4.69) is 10.6 Å². The van der Waals surface area contributed by atoms with Gasteiger partial charge in [-0.1, -0.05) is 0 Å². The van der Waals surface area contributed by atoms with E-state index in [9.17, 15) is 9.59 Å². The summed E-state index contributed by atoms with van der Waals surface area (Å²) in [7, 11) is 0. The minimum Gasteiger partial charge on any atom is -0.481 e. The van der Waals surface area contributed by atoms with Crippen LogP contribution in [-0.4, -0.2) is 35.1 Å². The molecule has 0 radical (unpaired) electrons. The molecular formula is C14H22N2O3. The molecule has 3 N–H and O–H groups in total. The molecule has 0 spiro atoms. The van der Waals surface area contributed by atoms with Crippen LogP contribution in [0.4, 0.5) is 0 Å². The fourth-order valence-electron chi connectivity index (χ4n) is 3.91. The molecule has 2 bridgehead atoms. The van der Waals surface area contributed by atoms with E-state index < -0.39 is 5.97 Å². The zero-order valence-electron chi connectivity index (χ0n) is 11.1. The van der Waals surface area contributed by atoms with E-state index in [4.69, 9.17) is 5.11 Å². The Balaban J connectivity index is 1.47. The molecule has 0 aromatic heterocycles. The van der Waals surface area contributed by atoms with Crippen molar-refractivity contribution in [2.45, 2.75) is 63.1 Å². The maximum absolute atomic E-state index is 12.3. The van der Waals surface area contributed by atoms with Crippen LogP contribution in [0.5, 0.6) is 0 Å². The molecule has 2 saturated heterocycles. The SMILES string of the molecule is O=C(O)C1CCC(NC(=O)C2CC3CCC2N3)CC1. The largest absolute Gasteiger partial charge is 0.481 e. The van der Waals surface area contributed by atoms with Gasteiger partial charge in [0.2, 0.25) is 5.91 Å². The van der Waals surface area contributed by atoms with E-state index in [1.54, 1.807) is 0 Å². The van der Waals surface area contributed by atoms with Crippen LogP contribution in [0.25, 0.3) is 0 Å². The van der Waals surface area contributed by atoms with Crippen molar-refractivity contribution in [3.8, 4) is 0 Å². The lowest BCUT2D eigenvalue weighted by molar-refractivity contribution is -0.142. The van der Waals surface area contributed by atoms with Crippen molar-refractivity contribution in [1.29, 1.82) is 0 Å². The second-order valence-electron chi connectivity index (χ2n) is 6.29. The summed E-state index contributed by atoms with van der Waals surface area (Å²) in [5, 5.41) is 15.6. The Morgan fingerprint density at radius 2 is 1.79 bits per heavy atom. The minimum absolute atomic E-state index is 0.135. The normalized spacial score (nSPS) is 41.2. The van der Waals surface area contributed by atoms with E-state index in [0.717, 1.165) is 25.7 Å². The van der Waals surface area contributed by atoms with Gasteiger partial charge in [-0.15, -0.1) is 0 Å². The summed E-state index contributed by atoms with van der Waals surface area (Å²) in [5.41, 5.74) is 0.